The van der Waals surface area contributed by atoms with E-state index in [1.807, 2.05) is 17.0 Å². The van der Waals surface area contributed by atoms with Crippen LogP contribution in [0.25, 0.3) is 0 Å². The minimum absolute atomic E-state index is 0.0591. The molecule has 1 aliphatic heterocycles. The summed E-state index contributed by atoms with van der Waals surface area (Å²) in [6, 6.07) is 4.15. The fraction of sp³-hybridized carbons (Fsp3) is 0.647. The van der Waals surface area contributed by atoms with E-state index in [9.17, 15) is 4.79 Å². The number of carbonyl (C=O) groups excluding carboxylic acids is 1. The number of hydrogen-bond acceptors (Lipinski definition) is 3. The summed E-state index contributed by atoms with van der Waals surface area (Å²) in [7, 11) is 0. The first kappa shape index (κ1) is 16.0. The molecule has 1 fully saturated rings. The second-order valence-corrected chi connectivity index (χ2v) is 7.25. The molecule has 2 heterocycles. The van der Waals surface area contributed by atoms with Crippen molar-refractivity contribution in [3.63, 3.8) is 0 Å². The molecule has 0 radical (unpaired) electrons. The van der Waals surface area contributed by atoms with Crippen LogP contribution < -0.4 is 5.73 Å². The molecule has 0 aliphatic carbocycles. The van der Waals surface area contributed by atoms with Gasteiger partial charge in [-0.25, -0.2) is 0 Å². The standard InChI is InChI=1S/C17H27N3O/c1-17(2,3)12-14(18)11-16(21)20-10-4-5-15(20)13-6-8-19-9-7-13/h6-9,14-15H,4-5,10-12,18H2,1-3H3. The quantitative estimate of drug-likeness (QED) is 0.927. The normalized spacial score (nSPS) is 20.6. The highest BCUT2D eigenvalue weighted by Crippen LogP contribution is 2.32. The van der Waals surface area contributed by atoms with Crippen molar-refractivity contribution in [3.8, 4) is 0 Å². The Morgan fingerprint density at radius 3 is 2.71 bits per heavy atom. The summed E-state index contributed by atoms with van der Waals surface area (Å²) in [5.74, 6) is 0.186. The van der Waals surface area contributed by atoms with Crippen LogP contribution in [0.5, 0.6) is 0 Å². The minimum atomic E-state index is -0.0591. The lowest BCUT2D eigenvalue weighted by Crippen LogP contribution is -2.37. The van der Waals surface area contributed by atoms with Crippen molar-refractivity contribution in [1.29, 1.82) is 0 Å². The van der Waals surface area contributed by atoms with E-state index < -0.39 is 0 Å². The van der Waals surface area contributed by atoms with Gasteiger partial charge in [-0.15, -0.1) is 0 Å². The molecule has 1 aliphatic rings. The van der Waals surface area contributed by atoms with E-state index in [-0.39, 0.29) is 23.4 Å². The number of nitrogens with two attached hydrogens (primary N) is 1. The lowest BCUT2D eigenvalue weighted by Gasteiger charge is -2.28. The SMILES string of the molecule is CC(C)(C)CC(N)CC(=O)N1CCCC1c1ccncc1. The Morgan fingerprint density at radius 1 is 1.43 bits per heavy atom. The van der Waals surface area contributed by atoms with Crippen LogP contribution in [0, 0.1) is 5.41 Å². The number of hydrogen-bond donors (Lipinski definition) is 1. The maximum atomic E-state index is 12.6. The molecule has 0 saturated carbocycles. The molecule has 0 aromatic carbocycles. The third-order valence-electron chi connectivity index (χ3n) is 3.98. The maximum Gasteiger partial charge on any atom is 0.224 e. The van der Waals surface area contributed by atoms with E-state index in [4.69, 9.17) is 5.73 Å². The number of amides is 1. The second-order valence-electron chi connectivity index (χ2n) is 7.25. The molecular weight excluding hydrogens is 262 g/mol. The first-order valence-electron chi connectivity index (χ1n) is 7.82. The summed E-state index contributed by atoms with van der Waals surface area (Å²) in [5, 5.41) is 0. The van der Waals surface area contributed by atoms with Gasteiger partial charge in [0.05, 0.1) is 6.04 Å². The van der Waals surface area contributed by atoms with E-state index in [1.54, 1.807) is 12.4 Å². The number of pyridine rings is 1. The summed E-state index contributed by atoms with van der Waals surface area (Å²) in [6.07, 6.45) is 6.99. The minimum Gasteiger partial charge on any atom is -0.336 e. The predicted octanol–water partition coefficient (Wildman–Crippen LogP) is 2.90. The lowest BCUT2D eigenvalue weighted by molar-refractivity contribution is -0.132. The highest BCUT2D eigenvalue weighted by Gasteiger charge is 2.31. The Labute approximate surface area is 127 Å². The van der Waals surface area contributed by atoms with Crippen LogP contribution in [-0.2, 0) is 4.79 Å². The average Bonchev–Trinajstić information content (AvgIpc) is 2.86. The zero-order valence-electron chi connectivity index (χ0n) is 13.4. The van der Waals surface area contributed by atoms with Crippen LogP contribution in [0.4, 0.5) is 0 Å². The Morgan fingerprint density at radius 2 is 2.10 bits per heavy atom. The van der Waals surface area contributed by atoms with Crippen molar-refractivity contribution in [1.82, 2.24) is 9.88 Å². The number of carbonyl (C=O) groups is 1. The van der Waals surface area contributed by atoms with E-state index >= 15 is 0 Å². The molecule has 4 heteroatoms. The Kier molecular flexibility index (Phi) is 4.99. The number of nitrogens with zero attached hydrogens (tertiary/aromatic N) is 2. The Hall–Kier alpha value is -1.42. The van der Waals surface area contributed by atoms with Crippen LogP contribution >= 0.6 is 0 Å². The van der Waals surface area contributed by atoms with Crippen LogP contribution in [-0.4, -0.2) is 28.4 Å². The van der Waals surface area contributed by atoms with Crippen molar-refractivity contribution < 1.29 is 4.79 Å². The van der Waals surface area contributed by atoms with Crippen molar-refractivity contribution in [3.05, 3.63) is 30.1 Å². The van der Waals surface area contributed by atoms with Crippen LogP contribution in [0.2, 0.25) is 0 Å². The first-order valence-corrected chi connectivity index (χ1v) is 7.82. The van der Waals surface area contributed by atoms with Gasteiger partial charge in [0.1, 0.15) is 0 Å². The molecule has 0 bridgehead atoms. The Balaban J connectivity index is 1.98. The highest BCUT2D eigenvalue weighted by atomic mass is 16.2. The fourth-order valence-electron chi connectivity index (χ4n) is 3.20. The van der Waals surface area contributed by atoms with Gasteiger partial charge in [0.2, 0.25) is 5.91 Å². The summed E-state index contributed by atoms with van der Waals surface area (Å²) in [5.41, 5.74) is 7.50. The molecule has 116 valence electrons. The van der Waals surface area contributed by atoms with Gasteiger partial charge in [-0.05, 0) is 42.4 Å². The maximum absolute atomic E-state index is 12.6. The number of aromatic nitrogens is 1. The zero-order valence-corrected chi connectivity index (χ0v) is 13.4. The lowest BCUT2D eigenvalue weighted by atomic mass is 9.87. The largest absolute Gasteiger partial charge is 0.336 e. The molecule has 2 atom stereocenters. The molecule has 1 aromatic heterocycles. The summed E-state index contributed by atoms with van der Waals surface area (Å²) in [6.45, 7) is 7.32. The molecule has 1 amide bonds. The first-order chi connectivity index (χ1) is 9.87. The van der Waals surface area contributed by atoms with Gasteiger partial charge >= 0.3 is 0 Å². The molecule has 2 rings (SSSR count). The summed E-state index contributed by atoms with van der Waals surface area (Å²) in [4.78, 5) is 18.6. The molecular formula is C17H27N3O. The van der Waals surface area contributed by atoms with E-state index in [0.29, 0.717) is 6.42 Å². The van der Waals surface area contributed by atoms with Gasteiger partial charge in [0.15, 0.2) is 0 Å². The van der Waals surface area contributed by atoms with Gasteiger partial charge in [0.25, 0.3) is 0 Å². The third kappa shape index (κ3) is 4.53. The predicted molar refractivity (Wildman–Crippen MR) is 84.6 cm³/mol. The summed E-state index contributed by atoms with van der Waals surface area (Å²) >= 11 is 0. The molecule has 2 N–H and O–H groups in total. The monoisotopic (exact) mass is 289 g/mol. The number of rotatable bonds is 4. The van der Waals surface area contributed by atoms with Crippen molar-refractivity contribution in [2.75, 3.05) is 6.54 Å². The van der Waals surface area contributed by atoms with E-state index in [0.717, 1.165) is 25.8 Å². The topological polar surface area (TPSA) is 59.2 Å². The van der Waals surface area contributed by atoms with Gasteiger partial charge < -0.3 is 10.6 Å². The van der Waals surface area contributed by atoms with Gasteiger partial charge in [-0.2, -0.15) is 0 Å². The summed E-state index contributed by atoms with van der Waals surface area (Å²) < 4.78 is 0. The molecule has 21 heavy (non-hydrogen) atoms. The molecule has 2 unspecified atom stereocenters. The van der Waals surface area contributed by atoms with Crippen LogP contribution in [0.15, 0.2) is 24.5 Å². The fourth-order valence-corrected chi connectivity index (χ4v) is 3.20. The zero-order chi connectivity index (χ0) is 15.5. The molecule has 0 spiro atoms. The van der Waals surface area contributed by atoms with Gasteiger partial charge in [-0.3, -0.25) is 9.78 Å². The van der Waals surface area contributed by atoms with Crippen LogP contribution in [0.1, 0.15) is 58.1 Å². The molecule has 1 aromatic rings. The van der Waals surface area contributed by atoms with Crippen LogP contribution in [0.3, 0.4) is 0 Å². The van der Waals surface area contributed by atoms with Crippen molar-refractivity contribution in [2.45, 2.75) is 58.5 Å². The molecule has 1 saturated heterocycles. The number of likely N-dealkylation sites (tertiary alicyclic amines) is 1. The Bertz CT molecular complexity index is 467. The van der Waals surface area contributed by atoms with Crippen molar-refractivity contribution in [2.24, 2.45) is 11.1 Å². The van der Waals surface area contributed by atoms with E-state index in [2.05, 4.69) is 25.8 Å². The van der Waals surface area contributed by atoms with Gasteiger partial charge in [-0.1, -0.05) is 20.8 Å². The average molecular weight is 289 g/mol. The smallest absolute Gasteiger partial charge is 0.224 e. The third-order valence-corrected chi connectivity index (χ3v) is 3.98. The van der Waals surface area contributed by atoms with E-state index in [1.165, 1.54) is 5.56 Å². The molecule has 4 nitrogen and oxygen atoms in total. The highest BCUT2D eigenvalue weighted by molar-refractivity contribution is 5.77. The second kappa shape index (κ2) is 6.56. The van der Waals surface area contributed by atoms with Gasteiger partial charge in [0, 0.05) is 31.4 Å². The van der Waals surface area contributed by atoms with Crippen molar-refractivity contribution >= 4 is 5.91 Å².